The van der Waals surface area contributed by atoms with E-state index in [0.29, 0.717) is 23.8 Å². The van der Waals surface area contributed by atoms with Crippen LogP contribution in [0.25, 0.3) is 0 Å². The molecule has 0 aliphatic rings. The zero-order valence-electron chi connectivity index (χ0n) is 24.8. The summed E-state index contributed by atoms with van der Waals surface area (Å²) in [5.41, 5.74) is 2.10. The van der Waals surface area contributed by atoms with Crippen LogP contribution in [-0.4, -0.2) is 50.4 Å². The zero-order chi connectivity index (χ0) is 30.9. The number of halogens is 1. The summed E-state index contributed by atoms with van der Waals surface area (Å²) in [7, 11) is -4.25. The van der Waals surface area contributed by atoms with Gasteiger partial charge in [-0.05, 0) is 75.6 Å². The second-order valence-corrected chi connectivity index (χ2v) is 12.4. The molecule has 0 radical (unpaired) electrons. The monoisotopic (exact) mass is 613 g/mol. The van der Waals surface area contributed by atoms with Crippen LogP contribution in [0.1, 0.15) is 51.7 Å². The van der Waals surface area contributed by atoms with Gasteiger partial charge in [-0.25, -0.2) is 8.42 Å². The third-order valence-electron chi connectivity index (χ3n) is 6.97. The van der Waals surface area contributed by atoms with Gasteiger partial charge in [0.2, 0.25) is 11.8 Å². The molecule has 42 heavy (non-hydrogen) atoms. The SMILES string of the molecule is CCOc1ccccc1N(CC(=O)N(Cc1ccc(C)cc1)[C@@H](CC)C(=O)N[C@@H](C)CC)S(=O)(=O)c1ccc(Cl)cc1. The summed E-state index contributed by atoms with van der Waals surface area (Å²) >= 11 is 6.04. The Morgan fingerprint density at radius 3 is 2.17 bits per heavy atom. The number of ether oxygens (including phenoxy) is 1. The fourth-order valence-corrected chi connectivity index (χ4v) is 5.99. The number of nitrogens with zero attached hydrogens (tertiary/aromatic N) is 2. The van der Waals surface area contributed by atoms with E-state index in [1.54, 1.807) is 31.2 Å². The highest BCUT2D eigenvalue weighted by Crippen LogP contribution is 2.33. The van der Waals surface area contributed by atoms with Crippen LogP contribution in [0.4, 0.5) is 5.69 Å². The van der Waals surface area contributed by atoms with Crippen LogP contribution in [0.15, 0.2) is 77.7 Å². The summed E-state index contributed by atoms with van der Waals surface area (Å²) in [6.45, 7) is 9.36. The average molecular weight is 614 g/mol. The van der Waals surface area contributed by atoms with Gasteiger partial charge in [-0.3, -0.25) is 13.9 Å². The fourth-order valence-electron chi connectivity index (χ4n) is 4.44. The molecule has 0 saturated carbocycles. The van der Waals surface area contributed by atoms with Crippen molar-refractivity contribution in [2.24, 2.45) is 0 Å². The number of hydrogen-bond acceptors (Lipinski definition) is 5. The van der Waals surface area contributed by atoms with Crippen LogP contribution in [0.2, 0.25) is 5.02 Å². The fraction of sp³-hybridized carbons (Fsp3) is 0.375. The highest BCUT2D eigenvalue weighted by molar-refractivity contribution is 7.92. The summed E-state index contributed by atoms with van der Waals surface area (Å²) in [6, 6.07) is 19.2. The lowest BCUT2D eigenvalue weighted by molar-refractivity contribution is -0.140. The number of sulfonamides is 1. The number of carbonyl (C=O) groups is 2. The highest BCUT2D eigenvalue weighted by Gasteiger charge is 2.35. The number of para-hydroxylation sites is 2. The number of rotatable bonds is 14. The van der Waals surface area contributed by atoms with Crippen molar-refractivity contribution in [2.45, 2.75) is 71.0 Å². The van der Waals surface area contributed by atoms with E-state index in [1.807, 2.05) is 52.0 Å². The van der Waals surface area contributed by atoms with Crippen molar-refractivity contribution < 1.29 is 22.7 Å². The Labute approximate surface area is 254 Å². The van der Waals surface area contributed by atoms with E-state index < -0.39 is 28.5 Å². The first kappa shape index (κ1) is 32.9. The molecular formula is C32H40ClN3O5S. The third kappa shape index (κ3) is 8.26. The number of hydrogen-bond donors (Lipinski definition) is 1. The molecule has 0 aliphatic heterocycles. The molecule has 226 valence electrons. The standard InChI is InChI=1S/C32H40ClN3O5S/c1-6-24(5)34-32(38)28(7-2)35(21-25-15-13-23(4)14-16-25)31(37)22-36(29-11-9-10-12-30(29)41-8-3)42(39,40)27-19-17-26(33)18-20-27/h9-20,24,28H,6-8,21-22H2,1-5H3,(H,34,38)/t24-,28-/m0/s1. The van der Waals surface area contributed by atoms with Crippen LogP contribution in [0.5, 0.6) is 5.75 Å². The number of aryl methyl sites for hydroxylation is 1. The van der Waals surface area contributed by atoms with Gasteiger partial charge in [0, 0.05) is 17.6 Å². The summed E-state index contributed by atoms with van der Waals surface area (Å²) in [6.07, 6.45) is 1.08. The van der Waals surface area contributed by atoms with Crippen LogP contribution in [0, 0.1) is 6.92 Å². The van der Waals surface area contributed by atoms with E-state index in [0.717, 1.165) is 21.9 Å². The number of benzene rings is 3. The average Bonchev–Trinajstić information content (AvgIpc) is 2.97. The Morgan fingerprint density at radius 2 is 1.57 bits per heavy atom. The van der Waals surface area contributed by atoms with E-state index in [2.05, 4.69) is 5.32 Å². The first-order valence-corrected chi connectivity index (χ1v) is 16.0. The molecule has 2 atom stereocenters. The van der Waals surface area contributed by atoms with E-state index in [1.165, 1.54) is 29.2 Å². The summed E-state index contributed by atoms with van der Waals surface area (Å²) in [4.78, 5) is 29.1. The molecule has 2 amide bonds. The maximum atomic E-state index is 14.2. The van der Waals surface area contributed by atoms with E-state index in [-0.39, 0.29) is 29.1 Å². The molecule has 1 N–H and O–H groups in total. The number of anilines is 1. The van der Waals surface area contributed by atoms with Gasteiger partial charge in [-0.1, -0.05) is 67.4 Å². The van der Waals surface area contributed by atoms with Gasteiger partial charge in [-0.2, -0.15) is 0 Å². The first-order chi connectivity index (χ1) is 20.0. The minimum atomic E-state index is -4.25. The lowest BCUT2D eigenvalue weighted by Crippen LogP contribution is -2.53. The lowest BCUT2D eigenvalue weighted by atomic mass is 10.1. The van der Waals surface area contributed by atoms with Gasteiger partial charge in [-0.15, -0.1) is 0 Å². The van der Waals surface area contributed by atoms with E-state index >= 15 is 0 Å². The van der Waals surface area contributed by atoms with Gasteiger partial charge >= 0.3 is 0 Å². The molecule has 3 rings (SSSR count). The molecule has 0 fully saturated rings. The maximum Gasteiger partial charge on any atom is 0.264 e. The van der Waals surface area contributed by atoms with Gasteiger partial charge < -0.3 is 15.0 Å². The molecular weight excluding hydrogens is 574 g/mol. The Morgan fingerprint density at radius 1 is 0.929 bits per heavy atom. The first-order valence-electron chi connectivity index (χ1n) is 14.2. The third-order valence-corrected chi connectivity index (χ3v) is 9.00. The van der Waals surface area contributed by atoms with E-state index in [9.17, 15) is 18.0 Å². The molecule has 0 spiro atoms. The Bertz CT molecular complexity index is 1450. The Balaban J connectivity index is 2.10. The van der Waals surface area contributed by atoms with Crippen LogP contribution >= 0.6 is 11.6 Å². The van der Waals surface area contributed by atoms with Crippen molar-refractivity contribution in [3.8, 4) is 5.75 Å². The van der Waals surface area contributed by atoms with Gasteiger partial charge in [0.15, 0.2) is 0 Å². The van der Waals surface area contributed by atoms with Crippen molar-refractivity contribution in [1.29, 1.82) is 0 Å². The number of carbonyl (C=O) groups excluding carboxylic acids is 2. The molecule has 0 bridgehead atoms. The van der Waals surface area contributed by atoms with Crippen molar-refractivity contribution in [1.82, 2.24) is 10.2 Å². The summed E-state index contributed by atoms with van der Waals surface area (Å²) in [5.74, 6) is -0.489. The Kier molecular flexibility index (Phi) is 11.8. The Hall–Kier alpha value is -3.56. The predicted molar refractivity (Wildman–Crippen MR) is 167 cm³/mol. The summed E-state index contributed by atoms with van der Waals surface area (Å²) < 4.78 is 35.0. The highest BCUT2D eigenvalue weighted by atomic mass is 35.5. The second kappa shape index (κ2) is 15.1. The molecule has 0 aromatic heterocycles. The molecule has 8 nitrogen and oxygen atoms in total. The van der Waals surface area contributed by atoms with Crippen molar-refractivity contribution in [3.63, 3.8) is 0 Å². The topological polar surface area (TPSA) is 96.0 Å². The van der Waals surface area contributed by atoms with Crippen molar-refractivity contribution in [2.75, 3.05) is 17.5 Å². The number of amides is 2. The van der Waals surface area contributed by atoms with Crippen molar-refractivity contribution >= 4 is 39.1 Å². The van der Waals surface area contributed by atoms with Gasteiger partial charge in [0.25, 0.3) is 10.0 Å². The minimum Gasteiger partial charge on any atom is -0.492 e. The second-order valence-electron chi connectivity index (χ2n) is 10.1. The molecule has 3 aromatic carbocycles. The van der Waals surface area contributed by atoms with Gasteiger partial charge in [0.05, 0.1) is 17.2 Å². The molecule has 0 heterocycles. The largest absolute Gasteiger partial charge is 0.492 e. The molecule has 0 aliphatic carbocycles. The number of nitrogens with one attached hydrogen (secondary N) is 1. The van der Waals surface area contributed by atoms with Crippen LogP contribution < -0.4 is 14.4 Å². The van der Waals surface area contributed by atoms with Crippen LogP contribution in [-0.2, 0) is 26.2 Å². The smallest absolute Gasteiger partial charge is 0.264 e. The summed E-state index contributed by atoms with van der Waals surface area (Å²) in [5, 5.41) is 3.37. The molecule has 0 saturated heterocycles. The lowest BCUT2D eigenvalue weighted by Gasteiger charge is -2.34. The maximum absolute atomic E-state index is 14.2. The van der Waals surface area contributed by atoms with Gasteiger partial charge in [0.1, 0.15) is 18.3 Å². The quantitative estimate of drug-likeness (QED) is 0.242. The zero-order valence-corrected chi connectivity index (χ0v) is 26.4. The molecule has 10 heteroatoms. The van der Waals surface area contributed by atoms with E-state index in [4.69, 9.17) is 16.3 Å². The molecule has 3 aromatic rings. The normalized spacial score (nSPS) is 12.7. The van der Waals surface area contributed by atoms with Crippen LogP contribution in [0.3, 0.4) is 0 Å². The predicted octanol–water partition coefficient (Wildman–Crippen LogP) is 5.96. The van der Waals surface area contributed by atoms with Crippen molar-refractivity contribution in [3.05, 3.63) is 88.9 Å². The molecule has 0 unspecified atom stereocenters. The minimum absolute atomic E-state index is 0.0300.